The van der Waals surface area contributed by atoms with E-state index in [-0.39, 0.29) is 24.0 Å². The molecule has 0 aliphatic carbocycles. The van der Waals surface area contributed by atoms with Gasteiger partial charge in [-0.1, -0.05) is 0 Å². The average Bonchev–Trinajstić information content (AvgIpc) is 2.52. The van der Waals surface area contributed by atoms with Gasteiger partial charge in [-0.25, -0.2) is 0 Å². The zero-order chi connectivity index (χ0) is 16.1. The van der Waals surface area contributed by atoms with E-state index in [0.29, 0.717) is 17.0 Å². The van der Waals surface area contributed by atoms with Gasteiger partial charge in [0.1, 0.15) is 0 Å². The van der Waals surface area contributed by atoms with Crippen molar-refractivity contribution in [2.45, 2.75) is 26.2 Å². The van der Waals surface area contributed by atoms with Crippen LogP contribution < -0.4 is 5.32 Å². The predicted molar refractivity (Wildman–Crippen MR) is 92.3 cm³/mol. The second kappa shape index (κ2) is 8.84. The number of aryl methyl sites for hydroxylation is 1. The maximum Gasteiger partial charge on any atom is 0.272 e. The number of amides is 1. The van der Waals surface area contributed by atoms with Crippen molar-refractivity contribution in [1.29, 1.82) is 0 Å². The molecule has 1 amide bonds. The summed E-state index contributed by atoms with van der Waals surface area (Å²) in [6.07, 6.45) is 3.20. The lowest BCUT2D eigenvalue weighted by molar-refractivity contribution is -0.385. The van der Waals surface area contributed by atoms with Crippen LogP contribution in [0.3, 0.4) is 0 Å². The summed E-state index contributed by atoms with van der Waals surface area (Å²) in [4.78, 5) is 24.8. The minimum atomic E-state index is -0.420. The van der Waals surface area contributed by atoms with Crippen LogP contribution >= 0.6 is 12.4 Å². The van der Waals surface area contributed by atoms with Crippen LogP contribution in [0.1, 0.15) is 35.2 Å². The molecule has 0 saturated carbocycles. The number of carbonyl (C=O) groups is 1. The Morgan fingerprint density at radius 3 is 2.57 bits per heavy atom. The predicted octanol–water partition coefficient (Wildman–Crippen LogP) is 2.79. The Kier molecular flexibility index (Phi) is 7.45. The van der Waals surface area contributed by atoms with Crippen LogP contribution in [0.2, 0.25) is 0 Å². The van der Waals surface area contributed by atoms with E-state index in [2.05, 4.69) is 5.32 Å². The van der Waals surface area contributed by atoms with Crippen LogP contribution in [-0.4, -0.2) is 42.4 Å². The fourth-order valence-corrected chi connectivity index (χ4v) is 2.95. The SMILES string of the molecule is CNCCC1CCN(C(=O)c2ccc([N+](=O)[O-])c(C)c2)CC1.Cl. The van der Waals surface area contributed by atoms with Gasteiger partial charge in [-0.2, -0.15) is 0 Å². The van der Waals surface area contributed by atoms with Crippen molar-refractivity contribution in [2.24, 2.45) is 5.92 Å². The van der Waals surface area contributed by atoms with Crippen molar-refractivity contribution >= 4 is 24.0 Å². The van der Waals surface area contributed by atoms with E-state index in [0.717, 1.165) is 38.9 Å². The maximum absolute atomic E-state index is 12.5. The Hall–Kier alpha value is -1.66. The molecule has 1 heterocycles. The van der Waals surface area contributed by atoms with Gasteiger partial charge in [-0.05, 0) is 57.8 Å². The van der Waals surface area contributed by atoms with Gasteiger partial charge in [0.2, 0.25) is 0 Å². The van der Waals surface area contributed by atoms with Gasteiger partial charge >= 0.3 is 0 Å². The fourth-order valence-electron chi connectivity index (χ4n) is 2.95. The molecule has 1 saturated heterocycles. The first-order valence-corrected chi connectivity index (χ1v) is 7.72. The van der Waals surface area contributed by atoms with Crippen molar-refractivity contribution in [1.82, 2.24) is 10.2 Å². The summed E-state index contributed by atoms with van der Waals surface area (Å²) in [5.41, 5.74) is 1.12. The molecule has 6 nitrogen and oxygen atoms in total. The van der Waals surface area contributed by atoms with Gasteiger partial charge in [0, 0.05) is 30.3 Å². The number of rotatable bonds is 5. The lowest BCUT2D eigenvalue weighted by Crippen LogP contribution is -2.39. The third-order valence-electron chi connectivity index (χ3n) is 4.34. The van der Waals surface area contributed by atoms with E-state index in [1.165, 1.54) is 6.07 Å². The van der Waals surface area contributed by atoms with Crippen LogP contribution in [0, 0.1) is 23.0 Å². The number of hydrogen-bond acceptors (Lipinski definition) is 4. The highest BCUT2D eigenvalue weighted by molar-refractivity contribution is 5.94. The van der Waals surface area contributed by atoms with Crippen molar-refractivity contribution in [3.8, 4) is 0 Å². The molecule has 0 unspecified atom stereocenters. The lowest BCUT2D eigenvalue weighted by Gasteiger charge is -2.32. The molecule has 1 aliphatic rings. The van der Waals surface area contributed by atoms with Crippen LogP contribution in [0.4, 0.5) is 5.69 Å². The number of carbonyl (C=O) groups excluding carboxylic acids is 1. The van der Waals surface area contributed by atoms with Crippen molar-refractivity contribution in [3.05, 3.63) is 39.4 Å². The highest BCUT2D eigenvalue weighted by Crippen LogP contribution is 2.23. The summed E-state index contributed by atoms with van der Waals surface area (Å²) >= 11 is 0. The topological polar surface area (TPSA) is 75.5 Å². The van der Waals surface area contributed by atoms with Crippen LogP contribution in [0.25, 0.3) is 0 Å². The summed E-state index contributed by atoms with van der Waals surface area (Å²) in [5.74, 6) is 0.653. The zero-order valence-electron chi connectivity index (χ0n) is 13.6. The summed E-state index contributed by atoms with van der Waals surface area (Å²) < 4.78 is 0. The molecule has 1 aromatic carbocycles. The van der Waals surface area contributed by atoms with Gasteiger partial charge in [-0.3, -0.25) is 14.9 Å². The molecular weight excluding hydrogens is 318 g/mol. The minimum Gasteiger partial charge on any atom is -0.339 e. The van der Waals surface area contributed by atoms with Gasteiger partial charge in [0.15, 0.2) is 0 Å². The number of benzene rings is 1. The molecule has 2 rings (SSSR count). The number of nitrogens with zero attached hydrogens (tertiary/aromatic N) is 2. The molecule has 23 heavy (non-hydrogen) atoms. The maximum atomic E-state index is 12.5. The molecule has 1 N–H and O–H groups in total. The van der Waals surface area contributed by atoms with Gasteiger partial charge in [0.25, 0.3) is 11.6 Å². The Morgan fingerprint density at radius 2 is 2.04 bits per heavy atom. The van der Waals surface area contributed by atoms with Crippen LogP contribution in [0.5, 0.6) is 0 Å². The highest BCUT2D eigenvalue weighted by Gasteiger charge is 2.24. The smallest absolute Gasteiger partial charge is 0.272 e. The van der Waals surface area contributed by atoms with Gasteiger partial charge < -0.3 is 10.2 Å². The summed E-state index contributed by atoms with van der Waals surface area (Å²) in [6, 6.07) is 4.59. The third-order valence-corrected chi connectivity index (χ3v) is 4.34. The largest absolute Gasteiger partial charge is 0.339 e. The first kappa shape index (κ1) is 19.4. The highest BCUT2D eigenvalue weighted by atomic mass is 35.5. The number of nitro groups is 1. The van der Waals surface area contributed by atoms with E-state index < -0.39 is 4.92 Å². The molecule has 0 aromatic heterocycles. The lowest BCUT2D eigenvalue weighted by atomic mass is 9.93. The second-order valence-electron chi connectivity index (χ2n) is 5.89. The zero-order valence-corrected chi connectivity index (χ0v) is 14.4. The van der Waals surface area contributed by atoms with E-state index in [9.17, 15) is 14.9 Å². The summed E-state index contributed by atoms with van der Waals surface area (Å²) in [7, 11) is 1.95. The first-order valence-electron chi connectivity index (χ1n) is 7.72. The van der Waals surface area contributed by atoms with Crippen LogP contribution in [-0.2, 0) is 0 Å². The molecule has 0 bridgehead atoms. The first-order chi connectivity index (χ1) is 10.5. The standard InChI is InChI=1S/C16H23N3O3.ClH/c1-12-11-14(3-4-15(12)19(21)22)16(20)18-9-6-13(7-10-18)5-8-17-2;/h3-4,11,13,17H,5-10H2,1-2H3;1H. The molecule has 0 atom stereocenters. The molecule has 1 fully saturated rings. The number of nitro benzene ring substituents is 1. The van der Waals surface area contributed by atoms with E-state index >= 15 is 0 Å². The Labute approximate surface area is 142 Å². The Balaban J connectivity index is 0.00000264. The Morgan fingerprint density at radius 1 is 1.39 bits per heavy atom. The third kappa shape index (κ3) is 4.91. The number of hydrogen-bond donors (Lipinski definition) is 1. The molecule has 1 aromatic rings. The average molecular weight is 342 g/mol. The minimum absolute atomic E-state index is 0. The molecular formula is C16H24ClN3O3. The Bertz CT molecular complexity index is 558. The van der Waals surface area contributed by atoms with Crippen molar-refractivity contribution < 1.29 is 9.72 Å². The van der Waals surface area contributed by atoms with E-state index in [1.54, 1.807) is 19.1 Å². The number of piperidine rings is 1. The van der Waals surface area contributed by atoms with Crippen LogP contribution in [0.15, 0.2) is 18.2 Å². The number of nitrogens with one attached hydrogen (secondary N) is 1. The monoisotopic (exact) mass is 341 g/mol. The molecule has 0 spiro atoms. The molecule has 128 valence electrons. The van der Waals surface area contributed by atoms with E-state index in [1.807, 2.05) is 11.9 Å². The molecule has 7 heteroatoms. The second-order valence-corrected chi connectivity index (χ2v) is 5.89. The molecule has 1 aliphatic heterocycles. The molecule has 0 radical (unpaired) electrons. The summed E-state index contributed by atoms with van der Waals surface area (Å²) in [5, 5.41) is 14.0. The number of likely N-dealkylation sites (tertiary alicyclic amines) is 1. The van der Waals surface area contributed by atoms with E-state index in [4.69, 9.17) is 0 Å². The normalized spacial score (nSPS) is 15.1. The quantitative estimate of drug-likeness (QED) is 0.660. The number of halogens is 1. The van der Waals surface area contributed by atoms with Crippen molar-refractivity contribution in [3.63, 3.8) is 0 Å². The van der Waals surface area contributed by atoms with Crippen molar-refractivity contribution in [2.75, 3.05) is 26.7 Å². The fraction of sp³-hybridized carbons (Fsp3) is 0.562. The van der Waals surface area contributed by atoms with Gasteiger partial charge in [-0.15, -0.1) is 12.4 Å². The van der Waals surface area contributed by atoms with Gasteiger partial charge in [0.05, 0.1) is 4.92 Å². The summed E-state index contributed by atoms with van der Waals surface area (Å²) in [6.45, 7) is 4.21.